The molecule has 0 amide bonds. The zero-order valence-corrected chi connectivity index (χ0v) is 14.5. The van der Waals surface area contributed by atoms with Crippen molar-refractivity contribution in [1.29, 1.82) is 0 Å². The Morgan fingerprint density at radius 2 is 1.20 bits per heavy atom. The molecule has 0 heterocycles. The monoisotopic (exact) mass is 334 g/mol. The summed E-state index contributed by atoms with van der Waals surface area (Å²) in [6, 6.07) is 21.4. The van der Waals surface area contributed by atoms with Gasteiger partial charge in [0.15, 0.2) is 11.5 Å². The average Bonchev–Trinajstić information content (AvgIpc) is 2.62. The highest BCUT2D eigenvalue weighted by atomic mass is 16.5. The molecular formula is C22H22O3. The fourth-order valence-corrected chi connectivity index (χ4v) is 2.41. The third-order valence-corrected chi connectivity index (χ3v) is 3.97. The van der Waals surface area contributed by atoms with E-state index in [1.807, 2.05) is 43.3 Å². The van der Waals surface area contributed by atoms with Gasteiger partial charge in [0.1, 0.15) is 19.0 Å². The Balaban J connectivity index is 1.58. The molecule has 0 aliphatic rings. The van der Waals surface area contributed by atoms with Crippen LogP contribution in [0.2, 0.25) is 0 Å². The van der Waals surface area contributed by atoms with Gasteiger partial charge in [-0.15, -0.1) is 0 Å². The van der Waals surface area contributed by atoms with Gasteiger partial charge in [0.05, 0.1) is 0 Å². The average molecular weight is 334 g/mol. The first-order valence-electron chi connectivity index (χ1n) is 8.30. The van der Waals surface area contributed by atoms with Crippen LogP contribution in [-0.4, -0.2) is 5.11 Å². The second kappa shape index (κ2) is 7.75. The molecule has 1 N–H and O–H groups in total. The van der Waals surface area contributed by atoms with Gasteiger partial charge < -0.3 is 14.6 Å². The van der Waals surface area contributed by atoms with E-state index < -0.39 is 0 Å². The number of rotatable bonds is 6. The number of hydrogen-bond acceptors (Lipinski definition) is 3. The van der Waals surface area contributed by atoms with Crippen molar-refractivity contribution in [3.05, 3.63) is 89.0 Å². The van der Waals surface area contributed by atoms with Gasteiger partial charge in [-0.1, -0.05) is 59.7 Å². The molecule has 0 radical (unpaired) electrons. The number of aryl methyl sites for hydroxylation is 2. The molecule has 0 fully saturated rings. The van der Waals surface area contributed by atoms with E-state index in [0.717, 1.165) is 11.1 Å². The Kier molecular flexibility index (Phi) is 5.24. The molecule has 25 heavy (non-hydrogen) atoms. The van der Waals surface area contributed by atoms with E-state index in [1.54, 1.807) is 18.2 Å². The van der Waals surface area contributed by atoms with E-state index in [0.29, 0.717) is 24.7 Å². The lowest BCUT2D eigenvalue weighted by Gasteiger charge is -2.11. The van der Waals surface area contributed by atoms with Gasteiger partial charge in [-0.25, -0.2) is 0 Å². The summed E-state index contributed by atoms with van der Waals surface area (Å²) >= 11 is 0. The lowest BCUT2D eigenvalue weighted by atomic mass is 10.2. The first-order valence-corrected chi connectivity index (χ1v) is 8.30. The van der Waals surface area contributed by atoms with Gasteiger partial charge >= 0.3 is 0 Å². The second-order valence-electron chi connectivity index (χ2n) is 6.18. The highest BCUT2D eigenvalue weighted by Gasteiger charge is 2.06. The Labute approximate surface area is 148 Å². The standard InChI is InChI=1S/C22H22O3/c1-16-3-7-18(8-4-16)14-24-20-11-12-22(21(23)13-20)25-15-19-9-5-17(2)6-10-19/h3-13,23H,14-15H2,1-2H3. The first kappa shape index (κ1) is 16.9. The molecule has 3 heteroatoms. The smallest absolute Gasteiger partial charge is 0.161 e. The van der Waals surface area contributed by atoms with Crippen LogP contribution < -0.4 is 9.47 Å². The Morgan fingerprint density at radius 3 is 1.72 bits per heavy atom. The lowest BCUT2D eigenvalue weighted by Crippen LogP contribution is -1.97. The molecule has 0 saturated carbocycles. The summed E-state index contributed by atoms with van der Waals surface area (Å²) in [5, 5.41) is 10.1. The fourth-order valence-electron chi connectivity index (χ4n) is 2.41. The molecular weight excluding hydrogens is 312 g/mol. The molecule has 3 aromatic carbocycles. The quantitative estimate of drug-likeness (QED) is 0.676. The fraction of sp³-hybridized carbons (Fsp3) is 0.182. The molecule has 0 aromatic heterocycles. The number of phenolic OH excluding ortho intramolecular Hbond substituents is 1. The number of phenols is 1. The van der Waals surface area contributed by atoms with Gasteiger partial charge in [-0.2, -0.15) is 0 Å². The summed E-state index contributed by atoms with van der Waals surface area (Å²) in [4.78, 5) is 0. The zero-order valence-electron chi connectivity index (χ0n) is 14.5. The number of ether oxygens (including phenoxy) is 2. The van der Waals surface area contributed by atoms with E-state index in [-0.39, 0.29) is 5.75 Å². The molecule has 3 nitrogen and oxygen atoms in total. The largest absolute Gasteiger partial charge is 0.504 e. The molecule has 0 unspecified atom stereocenters. The van der Waals surface area contributed by atoms with Crippen LogP contribution in [0.5, 0.6) is 17.2 Å². The predicted octanol–water partition coefficient (Wildman–Crippen LogP) is 5.17. The molecule has 0 aliphatic heterocycles. The molecule has 0 aliphatic carbocycles. The maximum atomic E-state index is 10.1. The SMILES string of the molecule is Cc1ccc(COc2ccc(OCc3ccc(C)cc3)c(O)c2)cc1. The topological polar surface area (TPSA) is 38.7 Å². The molecule has 0 spiro atoms. The van der Waals surface area contributed by atoms with E-state index in [4.69, 9.17) is 9.47 Å². The highest BCUT2D eigenvalue weighted by molar-refractivity contribution is 5.44. The minimum atomic E-state index is 0.0773. The second-order valence-corrected chi connectivity index (χ2v) is 6.18. The van der Waals surface area contributed by atoms with Crippen LogP contribution in [0.15, 0.2) is 66.7 Å². The van der Waals surface area contributed by atoms with Crippen LogP contribution in [0.1, 0.15) is 22.3 Å². The normalized spacial score (nSPS) is 10.5. The van der Waals surface area contributed by atoms with Crippen molar-refractivity contribution in [3.8, 4) is 17.2 Å². The van der Waals surface area contributed by atoms with Gasteiger partial charge in [-0.05, 0) is 37.1 Å². The van der Waals surface area contributed by atoms with Crippen LogP contribution in [0.4, 0.5) is 0 Å². The van der Waals surface area contributed by atoms with Crippen molar-refractivity contribution >= 4 is 0 Å². The molecule has 0 saturated heterocycles. The van der Waals surface area contributed by atoms with Crippen molar-refractivity contribution < 1.29 is 14.6 Å². The van der Waals surface area contributed by atoms with Gasteiger partial charge in [0.25, 0.3) is 0 Å². The maximum absolute atomic E-state index is 10.1. The Hall–Kier alpha value is -2.94. The summed E-state index contributed by atoms with van der Waals surface area (Å²) in [7, 11) is 0. The summed E-state index contributed by atoms with van der Waals surface area (Å²) in [5.41, 5.74) is 4.58. The van der Waals surface area contributed by atoms with Crippen LogP contribution in [0.3, 0.4) is 0 Å². The van der Waals surface area contributed by atoms with E-state index in [1.165, 1.54) is 11.1 Å². The minimum Gasteiger partial charge on any atom is -0.504 e. The number of hydrogen-bond donors (Lipinski definition) is 1. The van der Waals surface area contributed by atoms with Crippen LogP contribution in [0.25, 0.3) is 0 Å². The molecule has 0 bridgehead atoms. The summed E-state index contributed by atoms with van der Waals surface area (Å²) < 4.78 is 11.4. The van der Waals surface area contributed by atoms with Crippen molar-refractivity contribution in [2.45, 2.75) is 27.1 Å². The Bertz CT molecular complexity index is 821. The van der Waals surface area contributed by atoms with Crippen LogP contribution in [0, 0.1) is 13.8 Å². The van der Waals surface area contributed by atoms with Crippen molar-refractivity contribution in [2.24, 2.45) is 0 Å². The summed E-state index contributed by atoms with van der Waals surface area (Å²) in [6.07, 6.45) is 0. The van der Waals surface area contributed by atoms with Crippen molar-refractivity contribution in [2.75, 3.05) is 0 Å². The zero-order chi connectivity index (χ0) is 17.6. The predicted molar refractivity (Wildman–Crippen MR) is 99.1 cm³/mol. The van der Waals surface area contributed by atoms with Gasteiger partial charge in [0, 0.05) is 6.07 Å². The third kappa shape index (κ3) is 4.77. The molecule has 3 aromatic rings. The third-order valence-electron chi connectivity index (χ3n) is 3.97. The maximum Gasteiger partial charge on any atom is 0.161 e. The number of benzene rings is 3. The van der Waals surface area contributed by atoms with E-state index in [9.17, 15) is 5.11 Å². The first-order chi connectivity index (χ1) is 12.1. The number of aromatic hydroxyl groups is 1. The molecule has 0 atom stereocenters. The molecule has 128 valence electrons. The van der Waals surface area contributed by atoms with Gasteiger partial charge in [0.2, 0.25) is 0 Å². The van der Waals surface area contributed by atoms with Crippen LogP contribution in [-0.2, 0) is 13.2 Å². The highest BCUT2D eigenvalue weighted by Crippen LogP contribution is 2.31. The van der Waals surface area contributed by atoms with E-state index in [2.05, 4.69) is 19.1 Å². The van der Waals surface area contributed by atoms with Crippen molar-refractivity contribution in [3.63, 3.8) is 0 Å². The summed E-state index contributed by atoms with van der Waals surface area (Å²) in [5.74, 6) is 1.14. The summed E-state index contributed by atoms with van der Waals surface area (Å²) in [6.45, 7) is 4.98. The van der Waals surface area contributed by atoms with Crippen LogP contribution >= 0.6 is 0 Å². The molecule has 3 rings (SSSR count). The van der Waals surface area contributed by atoms with Gasteiger partial charge in [-0.3, -0.25) is 0 Å². The Morgan fingerprint density at radius 1 is 0.680 bits per heavy atom. The van der Waals surface area contributed by atoms with E-state index >= 15 is 0 Å². The minimum absolute atomic E-state index is 0.0773. The lowest BCUT2D eigenvalue weighted by molar-refractivity contribution is 0.282. The van der Waals surface area contributed by atoms with Crippen molar-refractivity contribution in [1.82, 2.24) is 0 Å².